The van der Waals surface area contributed by atoms with Crippen LogP contribution in [0.15, 0.2) is 24.3 Å². The fraction of sp³-hybridized carbons (Fsp3) is 0.438. The molecule has 1 aromatic heterocycles. The second kappa shape index (κ2) is 5.94. The zero-order chi connectivity index (χ0) is 13.9. The van der Waals surface area contributed by atoms with Gasteiger partial charge in [0, 0.05) is 22.9 Å². The Morgan fingerprint density at radius 1 is 1.45 bits per heavy atom. The van der Waals surface area contributed by atoms with Gasteiger partial charge in [0.15, 0.2) is 0 Å². The fourth-order valence-corrected chi connectivity index (χ4v) is 3.93. The Kier molecular flexibility index (Phi) is 4.03. The summed E-state index contributed by atoms with van der Waals surface area (Å²) >= 11 is 1.81. The van der Waals surface area contributed by atoms with Crippen molar-refractivity contribution in [2.45, 2.75) is 32.1 Å². The Morgan fingerprint density at radius 2 is 2.35 bits per heavy atom. The third kappa shape index (κ3) is 2.58. The van der Waals surface area contributed by atoms with Gasteiger partial charge in [-0.3, -0.25) is 0 Å². The lowest BCUT2D eigenvalue weighted by atomic mass is 9.91. The van der Waals surface area contributed by atoms with E-state index in [9.17, 15) is 0 Å². The van der Waals surface area contributed by atoms with Gasteiger partial charge in [0.2, 0.25) is 0 Å². The Hall–Kier alpha value is -1.39. The van der Waals surface area contributed by atoms with Crippen molar-refractivity contribution in [3.05, 3.63) is 34.8 Å². The van der Waals surface area contributed by atoms with Gasteiger partial charge in [-0.25, -0.2) is 4.98 Å². The summed E-state index contributed by atoms with van der Waals surface area (Å²) in [5, 5.41) is 1.09. The number of nitrogens with zero attached hydrogens (tertiary/aromatic N) is 1. The molecule has 1 aliphatic carbocycles. The molecule has 1 atom stereocenters. The van der Waals surface area contributed by atoms with Crippen molar-refractivity contribution in [1.82, 2.24) is 4.98 Å². The zero-order valence-corrected chi connectivity index (χ0v) is 12.6. The van der Waals surface area contributed by atoms with Gasteiger partial charge < -0.3 is 10.5 Å². The zero-order valence-electron chi connectivity index (χ0n) is 11.8. The summed E-state index contributed by atoms with van der Waals surface area (Å²) in [6, 6.07) is 8.19. The van der Waals surface area contributed by atoms with E-state index in [0.717, 1.165) is 22.7 Å². The highest BCUT2D eigenvalue weighted by Crippen LogP contribution is 2.38. The van der Waals surface area contributed by atoms with Crippen molar-refractivity contribution in [2.75, 3.05) is 13.2 Å². The van der Waals surface area contributed by atoms with Crippen LogP contribution in [0.25, 0.3) is 10.6 Å². The fourth-order valence-electron chi connectivity index (χ4n) is 2.75. The predicted octanol–water partition coefficient (Wildman–Crippen LogP) is 3.59. The molecule has 4 heteroatoms. The molecule has 0 aliphatic heterocycles. The number of benzene rings is 1. The molecule has 1 unspecified atom stereocenters. The van der Waals surface area contributed by atoms with Crippen LogP contribution in [-0.4, -0.2) is 18.1 Å². The van der Waals surface area contributed by atoms with Gasteiger partial charge in [-0.1, -0.05) is 12.1 Å². The predicted molar refractivity (Wildman–Crippen MR) is 83.5 cm³/mol. The van der Waals surface area contributed by atoms with Crippen LogP contribution < -0.4 is 10.5 Å². The molecule has 3 rings (SSSR count). The van der Waals surface area contributed by atoms with Crippen LogP contribution in [0.1, 0.15) is 36.3 Å². The van der Waals surface area contributed by atoms with E-state index in [2.05, 4.69) is 12.1 Å². The number of rotatable bonds is 4. The summed E-state index contributed by atoms with van der Waals surface area (Å²) in [5.41, 5.74) is 8.26. The Labute approximate surface area is 123 Å². The molecule has 3 nitrogen and oxygen atoms in total. The van der Waals surface area contributed by atoms with Gasteiger partial charge in [-0.15, -0.1) is 11.3 Å². The van der Waals surface area contributed by atoms with E-state index in [1.165, 1.54) is 23.4 Å². The standard InChI is InChI=1S/C16H20N2OS/c1-2-19-13-7-3-5-11(9-13)16-18-15-12(10-17)6-4-8-14(15)20-16/h3,5,7,9,12H,2,4,6,8,10,17H2,1H3. The maximum Gasteiger partial charge on any atom is 0.124 e. The van der Waals surface area contributed by atoms with E-state index in [1.54, 1.807) is 0 Å². The van der Waals surface area contributed by atoms with Crippen molar-refractivity contribution in [2.24, 2.45) is 5.73 Å². The van der Waals surface area contributed by atoms with Gasteiger partial charge in [0.1, 0.15) is 10.8 Å². The first-order valence-corrected chi connectivity index (χ1v) is 8.06. The third-order valence-electron chi connectivity index (χ3n) is 3.75. The molecule has 0 fully saturated rings. The number of hydrogen-bond donors (Lipinski definition) is 1. The molecule has 0 saturated heterocycles. The number of ether oxygens (including phenoxy) is 1. The minimum absolute atomic E-state index is 0.443. The molecule has 106 valence electrons. The minimum Gasteiger partial charge on any atom is -0.494 e. The molecule has 2 aromatic rings. The van der Waals surface area contributed by atoms with Crippen LogP contribution in [0, 0.1) is 0 Å². The van der Waals surface area contributed by atoms with Crippen molar-refractivity contribution in [3.8, 4) is 16.3 Å². The molecule has 0 amide bonds. The Balaban J connectivity index is 1.95. The first-order valence-electron chi connectivity index (χ1n) is 7.24. The van der Waals surface area contributed by atoms with Crippen LogP contribution in [0.3, 0.4) is 0 Å². The Bertz CT molecular complexity index is 594. The lowest BCUT2D eigenvalue weighted by Crippen LogP contribution is -2.17. The second-order valence-corrected chi connectivity index (χ2v) is 6.20. The van der Waals surface area contributed by atoms with Gasteiger partial charge in [-0.2, -0.15) is 0 Å². The largest absolute Gasteiger partial charge is 0.494 e. The highest BCUT2D eigenvalue weighted by atomic mass is 32.1. The molecule has 1 aromatic carbocycles. The number of nitrogens with two attached hydrogens (primary N) is 1. The lowest BCUT2D eigenvalue weighted by molar-refractivity contribution is 0.340. The van der Waals surface area contributed by atoms with E-state index >= 15 is 0 Å². The monoisotopic (exact) mass is 288 g/mol. The second-order valence-electron chi connectivity index (χ2n) is 5.11. The topological polar surface area (TPSA) is 48.1 Å². The van der Waals surface area contributed by atoms with Crippen molar-refractivity contribution < 1.29 is 4.74 Å². The van der Waals surface area contributed by atoms with E-state index in [1.807, 2.05) is 30.4 Å². The number of aryl methyl sites for hydroxylation is 1. The maximum absolute atomic E-state index is 5.87. The van der Waals surface area contributed by atoms with Crippen LogP contribution in [0.4, 0.5) is 0 Å². The highest BCUT2D eigenvalue weighted by Gasteiger charge is 2.24. The quantitative estimate of drug-likeness (QED) is 0.935. The number of aromatic nitrogens is 1. The van der Waals surface area contributed by atoms with Gasteiger partial charge in [-0.05, 0) is 38.3 Å². The van der Waals surface area contributed by atoms with Crippen molar-refractivity contribution in [3.63, 3.8) is 0 Å². The lowest BCUT2D eigenvalue weighted by Gasteiger charge is -2.18. The summed E-state index contributed by atoms with van der Waals surface area (Å²) in [7, 11) is 0. The van der Waals surface area contributed by atoms with Gasteiger partial charge in [0.25, 0.3) is 0 Å². The summed E-state index contributed by atoms with van der Waals surface area (Å²) in [6.45, 7) is 3.39. The summed E-state index contributed by atoms with van der Waals surface area (Å²) in [4.78, 5) is 6.28. The SMILES string of the molecule is CCOc1cccc(-c2nc3c(s2)CCCC3CN)c1. The van der Waals surface area contributed by atoms with E-state index in [-0.39, 0.29) is 0 Å². The van der Waals surface area contributed by atoms with Crippen molar-refractivity contribution in [1.29, 1.82) is 0 Å². The molecule has 0 saturated carbocycles. The normalized spacial score (nSPS) is 17.8. The van der Waals surface area contributed by atoms with Crippen LogP contribution in [0.5, 0.6) is 5.75 Å². The van der Waals surface area contributed by atoms with E-state index < -0.39 is 0 Å². The Morgan fingerprint density at radius 3 is 3.15 bits per heavy atom. The molecule has 0 spiro atoms. The number of thiazole rings is 1. The van der Waals surface area contributed by atoms with Crippen LogP contribution >= 0.6 is 11.3 Å². The molecule has 20 heavy (non-hydrogen) atoms. The van der Waals surface area contributed by atoms with Crippen LogP contribution in [0.2, 0.25) is 0 Å². The summed E-state index contributed by atoms with van der Waals surface area (Å²) < 4.78 is 5.57. The van der Waals surface area contributed by atoms with E-state index in [0.29, 0.717) is 19.1 Å². The van der Waals surface area contributed by atoms with Crippen LogP contribution in [-0.2, 0) is 6.42 Å². The highest BCUT2D eigenvalue weighted by molar-refractivity contribution is 7.15. The van der Waals surface area contributed by atoms with Gasteiger partial charge in [0.05, 0.1) is 12.3 Å². The molecular formula is C16H20N2OS. The molecule has 0 bridgehead atoms. The summed E-state index contributed by atoms with van der Waals surface area (Å²) in [5.74, 6) is 1.35. The molecule has 1 heterocycles. The first kappa shape index (κ1) is 13.6. The smallest absolute Gasteiger partial charge is 0.124 e. The first-order chi connectivity index (χ1) is 9.81. The molecule has 2 N–H and O–H groups in total. The number of hydrogen-bond acceptors (Lipinski definition) is 4. The van der Waals surface area contributed by atoms with E-state index in [4.69, 9.17) is 15.5 Å². The average molecular weight is 288 g/mol. The molecule has 1 aliphatic rings. The maximum atomic E-state index is 5.87. The summed E-state index contributed by atoms with van der Waals surface area (Å²) in [6.07, 6.45) is 3.55. The van der Waals surface area contributed by atoms with Gasteiger partial charge >= 0.3 is 0 Å². The molecule has 0 radical (unpaired) electrons. The molecular weight excluding hydrogens is 268 g/mol. The third-order valence-corrected chi connectivity index (χ3v) is 4.93. The minimum atomic E-state index is 0.443. The van der Waals surface area contributed by atoms with Crippen molar-refractivity contribution >= 4 is 11.3 Å². The average Bonchev–Trinajstić information content (AvgIpc) is 2.92. The number of fused-ring (bicyclic) bond motifs is 1.